The van der Waals surface area contributed by atoms with Crippen LogP contribution in [0.3, 0.4) is 0 Å². The van der Waals surface area contributed by atoms with Gasteiger partial charge in [-0.25, -0.2) is 0 Å². The molecule has 2 aromatic rings. The molecule has 0 saturated carbocycles. The number of anilines is 2. The molecule has 3 amide bonds. The highest BCUT2D eigenvalue weighted by Crippen LogP contribution is 2.35. The fourth-order valence-corrected chi connectivity index (χ4v) is 2.97. The molecular weight excluding hydrogens is 330 g/mol. The summed E-state index contributed by atoms with van der Waals surface area (Å²) in [5, 5.41) is 7.45. The maximum Gasteiger partial charge on any atom is 0.244 e. The highest BCUT2D eigenvalue weighted by molar-refractivity contribution is 6.16. The number of amides is 3. The zero-order valence-electron chi connectivity index (χ0n) is 15.3. The molecule has 0 saturated heterocycles. The smallest absolute Gasteiger partial charge is 0.244 e. The van der Waals surface area contributed by atoms with Crippen LogP contribution >= 0.6 is 0 Å². The maximum absolute atomic E-state index is 12.8. The summed E-state index contributed by atoms with van der Waals surface area (Å²) < 4.78 is 0. The third-order valence-electron chi connectivity index (χ3n) is 4.36. The zero-order chi connectivity index (χ0) is 18.9. The average molecular weight is 353 g/mol. The van der Waals surface area contributed by atoms with Gasteiger partial charge in [0.2, 0.25) is 17.7 Å². The van der Waals surface area contributed by atoms with E-state index >= 15 is 0 Å². The Hall–Kier alpha value is -2.89. The Labute approximate surface area is 152 Å². The van der Waals surface area contributed by atoms with Crippen molar-refractivity contribution in [2.24, 2.45) is 5.41 Å². The number of hydrogen-bond acceptors (Lipinski definition) is 3. The van der Waals surface area contributed by atoms with Crippen LogP contribution in [0.15, 0.2) is 36.4 Å². The molecule has 136 valence electrons. The predicted molar refractivity (Wildman–Crippen MR) is 102 cm³/mol. The standard InChI is InChI=1S/C20H23N3O3/c1-20(2,3)19(26)21-11-10-17(25)23-12-16(24)22-14-8-4-6-13-7-5-9-15(23)18(13)14/h4-9H,10-12H2,1-3H3,(H,21,26)(H,22,24). The molecule has 26 heavy (non-hydrogen) atoms. The van der Waals surface area contributed by atoms with Crippen LogP contribution in [-0.4, -0.2) is 30.8 Å². The lowest BCUT2D eigenvalue weighted by atomic mass is 9.96. The van der Waals surface area contributed by atoms with Gasteiger partial charge in [0.05, 0.1) is 11.4 Å². The SMILES string of the molecule is CC(C)(C)C(=O)NCCC(=O)N1CC(=O)Nc2cccc3cccc1c23. The second-order valence-corrected chi connectivity index (χ2v) is 7.46. The largest absolute Gasteiger partial charge is 0.355 e. The summed E-state index contributed by atoms with van der Waals surface area (Å²) in [6.45, 7) is 5.66. The van der Waals surface area contributed by atoms with E-state index in [1.165, 1.54) is 4.90 Å². The second-order valence-electron chi connectivity index (χ2n) is 7.46. The topological polar surface area (TPSA) is 78.5 Å². The van der Waals surface area contributed by atoms with E-state index in [0.717, 1.165) is 10.8 Å². The van der Waals surface area contributed by atoms with E-state index in [4.69, 9.17) is 0 Å². The Morgan fingerprint density at radius 3 is 2.54 bits per heavy atom. The van der Waals surface area contributed by atoms with Gasteiger partial charge in [-0.1, -0.05) is 45.0 Å². The first kappa shape index (κ1) is 17.9. The fraction of sp³-hybridized carbons (Fsp3) is 0.350. The first-order valence-corrected chi connectivity index (χ1v) is 8.67. The molecule has 0 bridgehead atoms. The van der Waals surface area contributed by atoms with Gasteiger partial charge in [-0.2, -0.15) is 0 Å². The molecule has 0 aliphatic carbocycles. The Morgan fingerprint density at radius 1 is 1.15 bits per heavy atom. The first-order valence-electron chi connectivity index (χ1n) is 8.67. The lowest BCUT2D eigenvalue weighted by molar-refractivity contribution is -0.128. The summed E-state index contributed by atoms with van der Waals surface area (Å²) in [7, 11) is 0. The number of rotatable bonds is 3. The van der Waals surface area contributed by atoms with Gasteiger partial charge in [-0.3, -0.25) is 14.4 Å². The highest BCUT2D eigenvalue weighted by atomic mass is 16.2. The van der Waals surface area contributed by atoms with Crippen LogP contribution in [-0.2, 0) is 14.4 Å². The van der Waals surface area contributed by atoms with Gasteiger partial charge in [0, 0.05) is 23.8 Å². The summed E-state index contributed by atoms with van der Waals surface area (Å²) >= 11 is 0. The van der Waals surface area contributed by atoms with Crippen molar-refractivity contribution >= 4 is 39.9 Å². The van der Waals surface area contributed by atoms with Crippen molar-refractivity contribution in [2.75, 3.05) is 23.3 Å². The van der Waals surface area contributed by atoms with Crippen molar-refractivity contribution in [3.63, 3.8) is 0 Å². The minimum atomic E-state index is -0.504. The second kappa shape index (κ2) is 6.78. The van der Waals surface area contributed by atoms with Crippen molar-refractivity contribution in [2.45, 2.75) is 27.2 Å². The van der Waals surface area contributed by atoms with Gasteiger partial charge in [0.25, 0.3) is 0 Å². The van der Waals surface area contributed by atoms with Crippen LogP contribution in [0, 0.1) is 5.41 Å². The molecule has 3 rings (SSSR count). The zero-order valence-corrected chi connectivity index (χ0v) is 15.3. The summed E-state index contributed by atoms with van der Waals surface area (Å²) in [6.07, 6.45) is 0.133. The Kier molecular flexibility index (Phi) is 4.68. The molecule has 6 nitrogen and oxygen atoms in total. The van der Waals surface area contributed by atoms with Gasteiger partial charge < -0.3 is 15.5 Å². The molecule has 0 spiro atoms. The number of hydrogen-bond donors (Lipinski definition) is 2. The number of nitrogens with zero attached hydrogens (tertiary/aromatic N) is 1. The van der Waals surface area contributed by atoms with Crippen LogP contribution in [0.25, 0.3) is 10.8 Å². The van der Waals surface area contributed by atoms with Crippen LogP contribution in [0.4, 0.5) is 11.4 Å². The highest BCUT2D eigenvalue weighted by Gasteiger charge is 2.26. The Balaban J connectivity index is 1.83. The van der Waals surface area contributed by atoms with Crippen LogP contribution in [0.2, 0.25) is 0 Å². The van der Waals surface area contributed by atoms with E-state index in [0.29, 0.717) is 11.4 Å². The lowest BCUT2D eigenvalue weighted by Gasteiger charge is -2.22. The molecule has 6 heteroatoms. The summed E-state index contributed by atoms with van der Waals surface area (Å²) in [5.74, 6) is -0.536. The monoisotopic (exact) mass is 353 g/mol. The minimum absolute atomic E-state index is 0.0418. The molecule has 1 heterocycles. The maximum atomic E-state index is 12.8. The molecule has 1 aliphatic rings. The summed E-state index contributed by atoms with van der Waals surface area (Å²) in [4.78, 5) is 38.5. The van der Waals surface area contributed by atoms with Gasteiger partial charge >= 0.3 is 0 Å². The van der Waals surface area contributed by atoms with E-state index in [1.807, 2.05) is 57.2 Å². The Morgan fingerprint density at radius 2 is 1.85 bits per heavy atom. The van der Waals surface area contributed by atoms with Crippen molar-refractivity contribution in [1.82, 2.24) is 5.32 Å². The van der Waals surface area contributed by atoms with Crippen molar-refractivity contribution < 1.29 is 14.4 Å². The number of carbonyl (C=O) groups excluding carboxylic acids is 3. The van der Waals surface area contributed by atoms with Crippen LogP contribution < -0.4 is 15.5 Å². The average Bonchev–Trinajstić information content (AvgIpc) is 2.72. The fourth-order valence-electron chi connectivity index (χ4n) is 2.97. The number of benzene rings is 2. The van der Waals surface area contributed by atoms with Gasteiger partial charge in [-0.15, -0.1) is 0 Å². The quantitative estimate of drug-likeness (QED) is 0.890. The van der Waals surface area contributed by atoms with E-state index < -0.39 is 5.41 Å². The molecule has 0 aromatic heterocycles. The Bertz CT molecular complexity index is 878. The van der Waals surface area contributed by atoms with Gasteiger partial charge in [0.1, 0.15) is 6.54 Å². The van der Waals surface area contributed by atoms with E-state index in [1.54, 1.807) is 0 Å². The molecular formula is C20H23N3O3. The summed E-state index contributed by atoms with van der Waals surface area (Å²) in [6, 6.07) is 11.3. The van der Waals surface area contributed by atoms with Crippen molar-refractivity contribution in [3.05, 3.63) is 36.4 Å². The molecule has 2 N–H and O–H groups in total. The third kappa shape index (κ3) is 3.54. The normalized spacial score (nSPS) is 14.0. The molecule has 2 aromatic carbocycles. The third-order valence-corrected chi connectivity index (χ3v) is 4.36. The summed E-state index contributed by atoms with van der Waals surface area (Å²) in [5.41, 5.74) is 0.916. The molecule has 0 unspecified atom stereocenters. The van der Waals surface area contributed by atoms with E-state index in [-0.39, 0.29) is 37.2 Å². The van der Waals surface area contributed by atoms with Crippen molar-refractivity contribution in [3.8, 4) is 0 Å². The molecule has 0 fully saturated rings. The van der Waals surface area contributed by atoms with E-state index in [2.05, 4.69) is 10.6 Å². The number of nitrogens with one attached hydrogen (secondary N) is 2. The molecule has 0 radical (unpaired) electrons. The predicted octanol–water partition coefficient (Wildman–Crippen LogP) is 2.68. The van der Waals surface area contributed by atoms with Gasteiger partial charge in [-0.05, 0) is 17.5 Å². The molecule has 1 aliphatic heterocycles. The van der Waals surface area contributed by atoms with Crippen LogP contribution in [0.1, 0.15) is 27.2 Å². The lowest BCUT2D eigenvalue weighted by Crippen LogP contribution is -2.40. The van der Waals surface area contributed by atoms with Crippen LogP contribution in [0.5, 0.6) is 0 Å². The minimum Gasteiger partial charge on any atom is -0.355 e. The first-order chi connectivity index (χ1) is 12.3. The van der Waals surface area contributed by atoms with Crippen molar-refractivity contribution in [1.29, 1.82) is 0 Å². The van der Waals surface area contributed by atoms with Gasteiger partial charge in [0.15, 0.2) is 0 Å². The van der Waals surface area contributed by atoms with E-state index in [9.17, 15) is 14.4 Å². The molecule has 0 atom stereocenters. The number of carbonyl (C=O) groups is 3.